The van der Waals surface area contributed by atoms with Gasteiger partial charge in [0, 0.05) is 35.2 Å². The Morgan fingerprint density at radius 3 is 2.71 bits per heavy atom. The summed E-state index contributed by atoms with van der Waals surface area (Å²) < 4.78 is 7.78. The lowest BCUT2D eigenvalue weighted by molar-refractivity contribution is -0.117. The minimum atomic E-state index is -0.00594. The Balaban J connectivity index is 1.54. The fourth-order valence-corrected chi connectivity index (χ4v) is 4.53. The number of aromatic nitrogens is 2. The van der Waals surface area contributed by atoms with Crippen LogP contribution in [-0.4, -0.2) is 29.1 Å². The van der Waals surface area contributed by atoms with Crippen LogP contribution in [0.1, 0.15) is 23.7 Å². The molecule has 1 saturated heterocycles. The lowest BCUT2D eigenvalue weighted by Gasteiger charge is -2.18. The van der Waals surface area contributed by atoms with E-state index in [0.29, 0.717) is 24.5 Å². The van der Waals surface area contributed by atoms with Gasteiger partial charge in [0.15, 0.2) is 0 Å². The number of hydrogen-bond donors (Lipinski definition) is 0. The number of rotatable bonds is 5. The Labute approximate surface area is 185 Å². The highest BCUT2D eigenvalue weighted by Crippen LogP contribution is 2.34. The maximum absolute atomic E-state index is 12.9. The molecule has 1 aliphatic rings. The first kappa shape index (κ1) is 19.6. The standard InChI is InChI=1S/C25H22ClN3O2/c1-31-23-12-5-2-7-17(23)15-29-22-11-4-3-10-21(22)27-25(29)18-13-24(30)28(16-18)20-9-6-8-19(26)14-20/h2-12,14,18H,13,15-16H2,1H3. The summed E-state index contributed by atoms with van der Waals surface area (Å²) in [5, 5.41) is 0.622. The second-order valence-corrected chi connectivity index (χ2v) is 8.18. The Hall–Kier alpha value is -3.31. The highest BCUT2D eigenvalue weighted by atomic mass is 35.5. The fourth-order valence-electron chi connectivity index (χ4n) is 4.35. The number of hydrogen-bond acceptors (Lipinski definition) is 3. The molecule has 0 saturated carbocycles. The molecule has 31 heavy (non-hydrogen) atoms. The zero-order chi connectivity index (χ0) is 21.4. The Bertz CT molecular complexity index is 1270. The zero-order valence-electron chi connectivity index (χ0n) is 17.2. The van der Waals surface area contributed by atoms with Crippen LogP contribution < -0.4 is 9.64 Å². The van der Waals surface area contributed by atoms with E-state index < -0.39 is 0 Å². The molecule has 156 valence electrons. The van der Waals surface area contributed by atoms with E-state index in [4.69, 9.17) is 21.3 Å². The first-order valence-corrected chi connectivity index (χ1v) is 10.6. The first-order chi connectivity index (χ1) is 15.1. The molecule has 6 heteroatoms. The van der Waals surface area contributed by atoms with Crippen LogP contribution in [0.5, 0.6) is 5.75 Å². The summed E-state index contributed by atoms with van der Waals surface area (Å²) in [5.74, 6) is 1.84. The van der Waals surface area contributed by atoms with Crippen molar-refractivity contribution in [3.05, 3.63) is 89.2 Å². The van der Waals surface area contributed by atoms with Gasteiger partial charge in [-0.05, 0) is 36.4 Å². The lowest BCUT2D eigenvalue weighted by atomic mass is 10.1. The third-order valence-corrected chi connectivity index (χ3v) is 6.05. The molecule has 0 N–H and O–H groups in total. The molecular weight excluding hydrogens is 410 g/mol. The van der Waals surface area contributed by atoms with Gasteiger partial charge in [-0.1, -0.05) is 48.0 Å². The van der Waals surface area contributed by atoms with E-state index in [1.165, 1.54) is 0 Å². The average molecular weight is 432 g/mol. The van der Waals surface area contributed by atoms with Gasteiger partial charge in [-0.2, -0.15) is 0 Å². The number of imidazole rings is 1. The van der Waals surface area contributed by atoms with Crippen LogP contribution in [0, 0.1) is 0 Å². The number of amides is 1. The van der Waals surface area contributed by atoms with E-state index in [9.17, 15) is 4.79 Å². The zero-order valence-corrected chi connectivity index (χ0v) is 17.9. The molecule has 1 unspecified atom stereocenters. The van der Waals surface area contributed by atoms with Crippen molar-refractivity contribution in [3.8, 4) is 5.75 Å². The Morgan fingerprint density at radius 2 is 1.87 bits per heavy atom. The highest BCUT2D eigenvalue weighted by Gasteiger charge is 2.35. The normalized spacial score (nSPS) is 16.3. The lowest BCUT2D eigenvalue weighted by Crippen LogP contribution is -2.24. The van der Waals surface area contributed by atoms with Crippen molar-refractivity contribution < 1.29 is 9.53 Å². The summed E-state index contributed by atoms with van der Waals surface area (Å²) in [7, 11) is 1.68. The first-order valence-electron chi connectivity index (χ1n) is 10.3. The summed E-state index contributed by atoms with van der Waals surface area (Å²) in [6, 6.07) is 23.5. The molecule has 4 aromatic rings. The number of anilines is 1. The summed E-state index contributed by atoms with van der Waals surface area (Å²) in [6.45, 7) is 1.20. The molecule has 1 aliphatic heterocycles. The molecule has 2 heterocycles. The van der Waals surface area contributed by atoms with Crippen LogP contribution >= 0.6 is 11.6 Å². The minimum absolute atomic E-state index is 0.00594. The SMILES string of the molecule is COc1ccccc1Cn1c(C2CC(=O)N(c3cccc(Cl)c3)C2)nc2ccccc21. The summed E-state index contributed by atoms with van der Waals surface area (Å²) in [6.07, 6.45) is 0.418. The maximum atomic E-state index is 12.9. The molecule has 1 fully saturated rings. The van der Waals surface area contributed by atoms with E-state index in [1.807, 2.05) is 65.6 Å². The van der Waals surface area contributed by atoms with Crippen molar-refractivity contribution in [2.24, 2.45) is 0 Å². The highest BCUT2D eigenvalue weighted by molar-refractivity contribution is 6.30. The van der Waals surface area contributed by atoms with Crippen LogP contribution in [0.3, 0.4) is 0 Å². The second-order valence-electron chi connectivity index (χ2n) is 7.74. The minimum Gasteiger partial charge on any atom is -0.496 e. The molecule has 0 radical (unpaired) electrons. The van der Waals surface area contributed by atoms with Crippen LogP contribution in [0.2, 0.25) is 5.02 Å². The van der Waals surface area contributed by atoms with Gasteiger partial charge in [-0.15, -0.1) is 0 Å². The quantitative estimate of drug-likeness (QED) is 0.432. The van der Waals surface area contributed by atoms with Gasteiger partial charge in [0.2, 0.25) is 5.91 Å². The van der Waals surface area contributed by atoms with Gasteiger partial charge in [0.05, 0.1) is 24.7 Å². The molecule has 0 spiro atoms. The largest absolute Gasteiger partial charge is 0.496 e. The molecule has 1 amide bonds. The molecule has 5 nitrogen and oxygen atoms in total. The fraction of sp³-hybridized carbons (Fsp3) is 0.200. The predicted molar refractivity (Wildman–Crippen MR) is 123 cm³/mol. The van der Waals surface area contributed by atoms with E-state index in [1.54, 1.807) is 7.11 Å². The number of halogens is 1. The summed E-state index contributed by atoms with van der Waals surface area (Å²) >= 11 is 6.16. The smallest absolute Gasteiger partial charge is 0.227 e. The van der Waals surface area contributed by atoms with E-state index in [-0.39, 0.29) is 11.8 Å². The molecule has 0 aliphatic carbocycles. The van der Waals surface area contributed by atoms with Crippen LogP contribution in [0.4, 0.5) is 5.69 Å². The van der Waals surface area contributed by atoms with Crippen molar-refractivity contribution in [1.82, 2.24) is 9.55 Å². The Kier molecular flexibility index (Phi) is 5.12. The maximum Gasteiger partial charge on any atom is 0.227 e. The van der Waals surface area contributed by atoms with Gasteiger partial charge in [0.25, 0.3) is 0 Å². The number of ether oxygens (including phenoxy) is 1. The molecule has 1 aromatic heterocycles. The van der Waals surface area contributed by atoms with Crippen molar-refractivity contribution in [3.63, 3.8) is 0 Å². The van der Waals surface area contributed by atoms with Crippen molar-refractivity contribution in [2.45, 2.75) is 18.9 Å². The summed E-state index contributed by atoms with van der Waals surface area (Å²) in [4.78, 5) is 19.6. The van der Waals surface area contributed by atoms with Crippen LogP contribution in [0.15, 0.2) is 72.8 Å². The van der Waals surface area contributed by atoms with E-state index >= 15 is 0 Å². The molecular formula is C25H22ClN3O2. The Morgan fingerprint density at radius 1 is 1.06 bits per heavy atom. The number of para-hydroxylation sites is 3. The number of methoxy groups -OCH3 is 1. The second kappa shape index (κ2) is 8.08. The van der Waals surface area contributed by atoms with Gasteiger partial charge >= 0.3 is 0 Å². The number of carbonyl (C=O) groups excluding carboxylic acids is 1. The topological polar surface area (TPSA) is 47.4 Å². The van der Waals surface area contributed by atoms with E-state index in [2.05, 4.69) is 16.7 Å². The third kappa shape index (κ3) is 3.66. The van der Waals surface area contributed by atoms with Crippen LogP contribution in [0.25, 0.3) is 11.0 Å². The van der Waals surface area contributed by atoms with Gasteiger partial charge < -0.3 is 14.2 Å². The molecule has 3 aromatic carbocycles. The number of carbonyl (C=O) groups is 1. The van der Waals surface area contributed by atoms with Crippen molar-refractivity contribution in [2.75, 3.05) is 18.6 Å². The van der Waals surface area contributed by atoms with Crippen molar-refractivity contribution >= 4 is 34.2 Å². The van der Waals surface area contributed by atoms with E-state index in [0.717, 1.165) is 33.9 Å². The van der Waals surface area contributed by atoms with Crippen LogP contribution in [-0.2, 0) is 11.3 Å². The number of benzene rings is 3. The number of nitrogens with zero attached hydrogens (tertiary/aromatic N) is 3. The van der Waals surface area contributed by atoms with Gasteiger partial charge in [0.1, 0.15) is 11.6 Å². The number of fused-ring (bicyclic) bond motifs is 1. The monoisotopic (exact) mass is 431 g/mol. The molecule has 5 rings (SSSR count). The third-order valence-electron chi connectivity index (χ3n) is 5.82. The summed E-state index contributed by atoms with van der Waals surface area (Å²) in [5.41, 5.74) is 3.89. The molecule has 0 bridgehead atoms. The predicted octanol–water partition coefficient (Wildman–Crippen LogP) is 5.27. The van der Waals surface area contributed by atoms with Crippen molar-refractivity contribution in [1.29, 1.82) is 0 Å². The molecule has 1 atom stereocenters. The van der Waals surface area contributed by atoms with Gasteiger partial charge in [-0.25, -0.2) is 4.98 Å². The average Bonchev–Trinajstić information content (AvgIpc) is 3.35. The van der Waals surface area contributed by atoms with Gasteiger partial charge in [-0.3, -0.25) is 4.79 Å².